The molecule has 2 heterocycles. The Morgan fingerprint density at radius 1 is 1.18 bits per heavy atom. The fraction of sp³-hybridized carbons (Fsp3) is 0.704. The van der Waals surface area contributed by atoms with Crippen LogP contribution in [0, 0.1) is 17.3 Å². The molecule has 0 radical (unpaired) electrons. The highest BCUT2D eigenvalue weighted by Gasteiger charge is 2.39. The standard InChI is InChI=1S/C27H40Cl2N4O5S/c1-27(2,3)22(30-24(35)18(15-33(38)16-34)13-17-7-5-6-8-17)26(37)31(4)19-9-11-32(12-10-19)25(36)20-14-21(28)39-23(20)29/h14,16-19,22,38H,5-13,15H2,1-4H3,(H,30,35)/t18-,22-/m1/s1. The summed E-state index contributed by atoms with van der Waals surface area (Å²) in [5.41, 5.74) is -0.179. The smallest absolute Gasteiger partial charge is 0.256 e. The van der Waals surface area contributed by atoms with Crippen molar-refractivity contribution in [1.82, 2.24) is 20.2 Å². The van der Waals surface area contributed by atoms with Crippen LogP contribution in [0.1, 0.15) is 76.1 Å². The summed E-state index contributed by atoms with van der Waals surface area (Å²) < 4.78 is 0.828. The Bertz CT molecular complexity index is 1030. The molecule has 2 fully saturated rings. The van der Waals surface area contributed by atoms with Crippen LogP contribution < -0.4 is 5.32 Å². The minimum atomic E-state index is -0.795. The van der Waals surface area contributed by atoms with Crippen LogP contribution in [0.4, 0.5) is 0 Å². The molecule has 1 aromatic heterocycles. The molecule has 2 aliphatic rings. The van der Waals surface area contributed by atoms with Crippen molar-refractivity contribution >= 4 is 58.7 Å². The lowest BCUT2D eigenvalue weighted by molar-refractivity contribution is -0.156. The summed E-state index contributed by atoms with van der Waals surface area (Å²) in [6.45, 7) is 6.53. The fourth-order valence-electron chi connectivity index (χ4n) is 5.59. The summed E-state index contributed by atoms with van der Waals surface area (Å²) in [5.74, 6) is -0.963. The summed E-state index contributed by atoms with van der Waals surface area (Å²) in [5, 5.41) is 13.3. The first-order valence-electron chi connectivity index (χ1n) is 13.5. The summed E-state index contributed by atoms with van der Waals surface area (Å²) in [4.78, 5) is 54.5. The van der Waals surface area contributed by atoms with Gasteiger partial charge in [0.15, 0.2) is 0 Å². The Labute approximate surface area is 244 Å². The average Bonchev–Trinajstić information content (AvgIpc) is 3.53. The maximum absolute atomic E-state index is 13.7. The van der Waals surface area contributed by atoms with Gasteiger partial charge in [-0.2, -0.15) is 0 Å². The van der Waals surface area contributed by atoms with Crippen molar-refractivity contribution in [3.05, 3.63) is 20.3 Å². The van der Waals surface area contributed by atoms with E-state index >= 15 is 0 Å². The van der Waals surface area contributed by atoms with Crippen molar-refractivity contribution in [2.45, 2.75) is 77.8 Å². The van der Waals surface area contributed by atoms with Crippen molar-refractivity contribution in [1.29, 1.82) is 0 Å². The van der Waals surface area contributed by atoms with Gasteiger partial charge in [-0.3, -0.25) is 24.4 Å². The van der Waals surface area contributed by atoms with Gasteiger partial charge in [0, 0.05) is 26.2 Å². The van der Waals surface area contributed by atoms with Crippen molar-refractivity contribution in [2.75, 3.05) is 26.7 Å². The summed E-state index contributed by atoms with van der Waals surface area (Å²) in [6.07, 6.45) is 6.32. The first-order valence-corrected chi connectivity index (χ1v) is 15.1. The lowest BCUT2D eigenvalue weighted by Crippen LogP contribution is -2.58. The van der Waals surface area contributed by atoms with Gasteiger partial charge in [0.25, 0.3) is 5.91 Å². The third kappa shape index (κ3) is 8.31. The van der Waals surface area contributed by atoms with Gasteiger partial charge in [-0.05, 0) is 36.7 Å². The minimum absolute atomic E-state index is 0.0953. The van der Waals surface area contributed by atoms with Gasteiger partial charge in [-0.1, -0.05) is 69.7 Å². The van der Waals surface area contributed by atoms with E-state index in [1.54, 1.807) is 22.9 Å². The number of piperidine rings is 1. The lowest BCUT2D eigenvalue weighted by Gasteiger charge is -2.40. The van der Waals surface area contributed by atoms with E-state index in [-0.39, 0.29) is 30.3 Å². The van der Waals surface area contributed by atoms with Gasteiger partial charge in [0.1, 0.15) is 10.4 Å². The Balaban J connectivity index is 1.65. The van der Waals surface area contributed by atoms with Crippen molar-refractivity contribution < 1.29 is 24.4 Å². The molecular weight excluding hydrogens is 563 g/mol. The molecule has 1 saturated heterocycles. The average molecular weight is 604 g/mol. The topological polar surface area (TPSA) is 110 Å². The van der Waals surface area contributed by atoms with Gasteiger partial charge in [0.05, 0.1) is 22.4 Å². The number of likely N-dealkylation sites (N-methyl/N-ethyl adjacent to an activating group) is 1. The molecule has 39 heavy (non-hydrogen) atoms. The van der Waals surface area contributed by atoms with Crippen LogP contribution in [-0.4, -0.2) is 83.0 Å². The summed E-state index contributed by atoms with van der Waals surface area (Å²) in [7, 11) is 1.74. The summed E-state index contributed by atoms with van der Waals surface area (Å²) >= 11 is 13.3. The summed E-state index contributed by atoms with van der Waals surface area (Å²) in [6, 6.07) is 0.693. The number of hydroxylamine groups is 2. The highest BCUT2D eigenvalue weighted by molar-refractivity contribution is 7.20. The predicted octanol–water partition coefficient (Wildman–Crippen LogP) is 4.69. The molecule has 1 aliphatic heterocycles. The number of thiophene rings is 1. The van der Waals surface area contributed by atoms with Crippen LogP contribution in [0.5, 0.6) is 0 Å². The number of rotatable bonds is 10. The van der Waals surface area contributed by atoms with Crippen LogP contribution >= 0.6 is 34.5 Å². The maximum atomic E-state index is 13.7. The largest absolute Gasteiger partial charge is 0.344 e. The van der Waals surface area contributed by atoms with Gasteiger partial charge in [-0.15, -0.1) is 11.3 Å². The molecule has 2 atom stereocenters. The molecule has 12 heteroatoms. The number of amides is 4. The van der Waals surface area contributed by atoms with E-state index in [1.807, 2.05) is 20.8 Å². The molecule has 218 valence electrons. The normalized spacial score (nSPS) is 18.5. The Morgan fingerprint density at radius 2 is 1.79 bits per heavy atom. The number of halogens is 2. The number of nitrogens with one attached hydrogen (secondary N) is 1. The van der Waals surface area contributed by atoms with E-state index in [1.165, 1.54) is 0 Å². The Kier molecular flexibility index (Phi) is 11.1. The molecule has 0 aromatic carbocycles. The van der Waals surface area contributed by atoms with Crippen LogP contribution in [0.25, 0.3) is 0 Å². The second-order valence-electron chi connectivity index (χ2n) is 11.8. The minimum Gasteiger partial charge on any atom is -0.344 e. The second-order valence-corrected chi connectivity index (χ2v) is 14.1. The molecule has 1 aliphatic carbocycles. The zero-order valence-corrected chi connectivity index (χ0v) is 25.4. The molecule has 1 aromatic rings. The van der Waals surface area contributed by atoms with E-state index in [0.717, 1.165) is 37.0 Å². The van der Waals surface area contributed by atoms with Crippen LogP contribution in [-0.2, 0) is 14.4 Å². The van der Waals surface area contributed by atoms with E-state index in [9.17, 15) is 24.4 Å². The molecular formula is C27H40Cl2N4O5S. The molecule has 0 spiro atoms. The Morgan fingerprint density at radius 3 is 2.31 bits per heavy atom. The molecule has 2 N–H and O–H groups in total. The number of hydrogen-bond donors (Lipinski definition) is 2. The first-order chi connectivity index (χ1) is 18.3. The number of carbonyl (C=O) groups is 4. The third-order valence-electron chi connectivity index (χ3n) is 7.93. The van der Waals surface area contributed by atoms with Gasteiger partial charge in [0.2, 0.25) is 18.2 Å². The van der Waals surface area contributed by atoms with Crippen LogP contribution in [0.3, 0.4) is 0 Å². The predicted molar refractivity (Wildman–Crippen MR) is 152 cm³/mol. The van der Waals surface area contributed by atoms with Crippen molar-refractivity contribution in [3.8, 4) is 0 Å². The quantitative estimate of drug-likeness (QED) is 0.229. The monoisotopic (exact) mass is 602 g/mol. The van der Waals surface area contributed by atoms with Crippen LogP contribution in [0.15, 0.2) is 6.07 Å². The molecule has 1 saturated carbocycles. The maximum Gasteiger partial charge on any atom is 0.256 e. The fourth-order valence-corrected chi connectivity index (χ4v) is 7.03. The van der Waals surface area contributed by atoms with E-state index in [2.05, 4.69) is 5.32 Å². The highest BCUT2D eigenvalue weighted by atomic mass is 35.5. The number of hydrogen-bond acceptors (Lipinski definition) is 6. The molecule has 0 bridgehead atoms. The third-order valence-corrected chi connectivity index (χ3v) is 9.41. The zero-order valence-electron chi connectivity index (χ0n) is 23.1. The van der Waals surface area contributed by atoms with E-state index in [4.69, 9.17) is 23.2 Å². The number of nitrogens with zero attached hydrogens (tertiary/aromatic N) is 3. The first kappa shape index (κ1) is 31.6. The van der Waals surface area contributed by atoms with Crippen molar-refractivity contribution in [3.63, 3.8) is 0 Å². The Hall–Kier alpha value is -1.88. The number of carbonyl (C=O) groups excluding carboxylic acids is 4. The van der Waals surface area contributed by atoms with Gasteiger partial charge < -0.3 is 15.1 Å². The molecule has 9 nitrogen and oxygen atoms in total. The lowest BCUT2D eigenvalue weighted by atomic mass is 9.84. The van der Waals surface area contributed by atoms with Crippen molar-refractivity contribution in [2.24, 2.45) is 17.3 Å². The molecule has 4 amide bonds. The highest BCUT2D eigenvalue weighted by Crippen LogP contribution is 2.33. The second kappa shape index (κ2) is 13.7. The van der Waals surface area contributed by atoms with Gasteiger partial charge in [-0.25, -0.2) is 5.06 Å². The van der Waals surface area contributed by atoms with Crippen LogP contribution in [0.2, 0.25) is 8.67 Å². The molecule has 3 rings (SSSR count). The van der Waals surface area contributed by atoms with E-state index < -0.39 is 17.4 Å². The molecule has 0 unspecified atom stereocenters. The number of likely N-dealkylation sites (tertiary alicyclic amines) is 1. The van der Waals surface area contributed by atoms with Gasteiger partial charge >= 0.3 is 0 Å². The zero-order chi connectivity index (χ0) is 28.9. The SMILES string of the molecule is CN(C(=O)[C@@H](NC(=O)[C@H](CC1CCCC1)CN(O)C=O)C(C)(C)C)C1CCN(C(=O)c2cc(Cl)sc2Cl)CC1. The van der Waals surface area contributed by atoms with E-state index in [0.29, 0.717) is 64.0 Å².